The number of nitrogens with zero attached hydrogens (tertiary/aromatic N) is 8. The Balaban J connectivity index is 1.29. The SMILES string of the molecule is CCn1nc(C)cc1C(=O)Nc1nc2cc(C(N)=O)cc(C)c2n1CCCCn1c(NC(O)c2cc(C)nn2CC)nc2cc(C(N)=O)ccc21. The molecular formula is C35H42N12O4. The third-order valence-electron chi connectivity index (χ3n) is 8.80. The van der Waals surface area contributed by atoms with Gasteiger partial charge in [0.2, 0.25) is 23.7 Å². The monoisotopic (exact) mass is 694 g/mol. The Morgan fingerprint density at radius 2 is 1.41 bits per heavy atom. The Hall–Kier alpha value is -6.03. The largest absolute Gasteiger partial charge is 0.368 e. The molecular weight excluding hydrogens is 652 g/mol. The first-order valence-electron chi connectivity index (χ1n) is 16.8. The maximum atomic E-state index is 13.5. The molecule has 0 radical (unpaired) electrons. The number of nitrogens with one attached hydrogen (secondary N) is 2. The van der Waals surface area contributed by atoms with Crippen LogP contribution in [-0.2, 0) is 26.2 Å². The van der Waals surface area contributed by atoms with Crippen molar-refractivity contribution >= 4 is 51.7 Å². The molecule has 2 aromatic carbocycles. The van der Waals surface area contributed by atoms with Gasteiger partial charge in [-0.15, -0.1) is 0 Å². The molecule has 4 aromatic heterocycles. The number of aliphatic hydroxyl groups excluding tert-OH is 1. The second-order valence-corrected chi connectivity index (χ2v) is 12.5. The van der Waals surface area contributed by atoms with E-state index in [2.05, 4.69) is 20.8 Å². The van der Waals surface area contributed by atoms with E-state index in [1.807, 2.05) is 49.8 Å². The molecule has 0 aliphatic rings. The van der Waals surface area contributed by atoms with Gasteiger partial charge in [-0.2, -0.15) is 10.2 Å². The maximum absolute atomic E-state index is 13.5. The lowest BCUT2D eigenvalue weighted by molar-refractivity contribution is 0.0992. The summed E-state index contributed by atoms with van der Waals surface area (Å²) < 4.78 is 7.25. The molecule has 16 nitrogen and oxygen atoms in total. The van der Waals surface area contributed by atoms with E-state index < -0.39 is 18.0 Å². The number of aryl methyl sites for hydroxylation is 7. The number of aliphatic hydroxyl groups is 1. The molecule has 0 aliphatic heterocycles. The van der Waals surface area contributed by atoms with Crippen LogP contribution in [0.15, 0.2) is 42.5 Å². The van der Waals surface area contributed by atoms with Gasteiger partial charge in [-0.1, -0.05) is 0 Å². The number of rotatable bonds is 14. The molecule has 0 spiro atoms. The van der Waals surface area contributed by atoms with Gasteiger partial charge in [-0.05, 0) is 95.5 Å². The lowest BCUT2D eigenvalue weighted by atomic mass is 10.1. The van der Waals surface area contributed by atoms with Gasteiger partial charge in [0.15, 0.2) is 6.23 Å². The van der Waals surface area contributed by atoms with Gasteiger partial charge >= 0.3 is 0 Å². The van der Waals surface area contributed by atoms with Crippen LogP contribution in [0, 0.1) is 20.8 Å². The van der Waals surface area contributed by atoms with Gasteiger partial charge in [0.25, 0.3) is 5.91 Å². The number of nitrogens with two attached hydrogens (primary N) is 2. The van der Waals surface area contributed by atoms with Crippen molar-refractivity contribution in [2.45, 2.75) is 79.9 Å². The second-order valence-electron chi connectivity index (χ2n) is 12.5. The van der Waals surface area contributed by atoms with Crippen molar-refractivity contribution in [2.24, 2.45) is 11.5 Å². The number of imidazole rings is 2. The summed E-state index contributed by atoms with van der Waals surface area (Å²) in [6, 6.07) is 12.0. The van der Waals surface area contributed by atoms with E-state index in [1.165, 1.54) is 0 Å². The number of anilines is 2. The van der Waals surface area contributed by atoms with Crippen molar-refractivity contribution in [3.8, 4) is 0 Å². The van der Waals surface area contributed by atoms with Crippen molar-refractivity contribution in [2.75, 3.05) is 10.6 Å². The quantitative estimate of drug-likeness (QED) is 0.0826. The Kier molecular flexibility index (Phi) is 9.60. The summed E-state index contributed by atoms with van der Waals surface area (Å²) >= 11 is 0. The van der Waals surface area contributed by atoms with Crippen LogP contribution < -0.4 is 22.1 Å². The minimum Gasteiger partial charge on any atom is -0.368 e. The molecule has 16 heteroatoms. The van der Waals surface area contributed by atoms with E-state index >= 15 is 0 Å². The van der Waals surface area contributed by atoms with Gasteiger partial charge in [0.1, 0.15) is 5.69 Å². The molecule has 1 unspecified atom stereocenters. The lowest BCUT2D eigenvalue weighted by Crippen LogP contribution is -2.20. The van der Waals surface area contributed by atoms with Crippen LogP contribution in [0.3, 0.4) is 0 Å². The Bertz CT molecular complexity index is 2290. The lowest BCUT2D eigenvalue weighted by Gasteiger charge is -2.17. The summed E-state index contributed by atoms with van der Waals surface area (Å²) in [4.78, 5) is 46.9. The van der Waals surface area contributed by atoms with Crippen molar-refractivity contribution in [1.29, 1.82) is 0 Å². The highest BCUT2D eigenvalue weighted by atomic mass is 16.3. The zero-order valence-corrected chi connectivity index (χ0v) is 29.3. The van der Waals surface area contributed by atoms with Crippen LogP contribution in [0.2, 0.25) is 0 Å². The third-order valence-corrected chi connectivity index (χ3v) is 8.80. The number of amides is 3. The highest BCUT2D eigenvalue weighted by Crippen LogP contribution is 2.28. The molecule has 3 amide bonds. The fraction of sp³-hybridized carbons (Fsp3) is 0.343. The van der Waals surface area contributed by atoms with Crippen LogP contribution >= 0.6 is 0 Å². The number of hydrogen-bond donors (Lipinski definition) is 5. The molecule has 0 aliphatic carbocycles. The van der Waals surface area contributed by atoms with E-state index in [1.54, 1.807) is 45.8 Å². The molecule has 0 saturated heterocycles. The van der Waals surface area contributed by atoms with Crippen molar-refractivity contribution < 1.29 is 19.5 Å². The Morgan fingerprint density at radius 3 is 2.10 bits per heavy atom. The fourth-order valence-corrected chi connectivity index (χ4v) is 6.46. The van der Waals surface area contributed by atoms with Gasteiger partial charge < -0.3 is 31.0 Å². The molecule has 1 atom stereocenters. The summed E-state index contributed by atoms with van der Waals surface area (Å²) in [5, 5.41) is 26.2. The predicted octanol–water partition coefficient (Wildman–Crippen LogP) is 3.78. The van der Waals surface area contributed by atoms with Crippen LogP contribution in [-0.4, -0.2) is 61.5 Å². The van der Waals surface area contributed by atoms with Gasteiger partial charge in [0.05, 0.1) is 39.1 Å². The summed E-state index contributed by atoms with van der Waals surface area (Å²) in [5.41, 5.74) is 17.7. The van der Waals surface area contributed by atoms with E-state index in [0.717, 1.165) is 28.0 Å². The molecule has 51 heavy (non-hydrogen) atoms. The highest BCUT2D eigenvalue weighted by molar-refractivity contribution is 6.04. The van der Waals surface area contributed by atoms with Gasteiger partial charge in [-0.25, -0.2) is 9.97 Å². The smallest absolute Gasteiger partial charge is 0.276 e. The average molecular weight is 695 g/mol. The average Bonchev–Trinajstić information content (AvgIpc) is 3.85. The zero-order chi connectivity index (χ0) is 36.6. The van der Waals surface area contributed by atoms with E-state index in [9.17, 15) is 19.5 Å². The standard InChI is InChI=1S/C35H42N12O4/c1-6-46-27(15-20(4)42-46)32(50)40-34-38-24-17-22(30(36)48)10-11-26(24)44(34)12-8-9-13-45-29-19(3)14-23(31(37)49)18-25(29)39-35(45)41-33(51)28-16-21(5)43-47(28)7-2/h10-11,14-18,32,50H,6-9,12-13H2,1-5H3,(H2,36,48)(H2,37,49)(H,38,40)(H,39,41,51). The van der Waals surface area contributed by atoms with E-state index in [-0.39, 0.29) is 5.91 Å². The molecule has 7 N–H and O–H groups in total. The molecule has 0 bridgehead atoms. The molecule has 266 valence electrons. The highest BCUT2D eigenvalue weighted by Gasteiger charge is 2.22. The van der Waals surface area contributed by atoms with Gasteiger partial charge in [-0.3, -0.25) is 29.1 Å². The normalized spacial score (nSPS) is 12.1. The van der Waals surface area contributed by atoms with Gasteiger partial charge in [0, 0.05) is 37.3 Å². The topological polar surface area (TPSA) is 219 Å². The first-order chi connectivity index (χ1) is 24.4. The van der Waals surface area contributed by atoms with Crippen molar-refractivity contribution in [1.82, 2.24) is 38.7 Å². The number of aromatic nitrogens is 8. The van der Waals surface area contributed by atoms with Crippen LogP contribution in [0.25, 0.3) is 22.1 Å². The second kappa shape index (κ2) is 14.1. The summed E-state index contributed by atoms with van der Waals surface area (Å²) in [5.74, 6) is -0.732. The number of unbranched alkanes of at least 4 members (excludes halogenated alkanes) is 1. The number of hydrogen-bond acceptors (Lipinski definition) is 9. The Morgan fingerprint density at radius 1 is 0.784 bits per heavy atom. The summed E-state index contributed by atoms with van der Waals surface area (Å²) in [6.45, 7) is 11.5. The third kappa shape index (κ3) is 6.90. The van der Waals surface area contributed by atoms with Crippen LogP contribution in [0.5, 0.6) is 0 Å². The molecule has 0 fully saturated rings. The Labute approximate surface area is 293 Å². The van der Waals surface area contributed by atoms with E-state index in [4.69, 9.17) is 21.4 Å². The minimum atomic E-state index is -1.10. The minimum absolute atomic E-state index is 0.326. The maximum Gasteiger partial charge on any atom is 0.276 e. The number of primary amides is 2. The predicted molar refractivity (Wildman–Crippen MR) is 192 cm³/mol. The fourth-order valence-electron chi connectivity index (χ4n) is 6.46. The first-order valence-corrected chi connectivity index (χ1v) is 16.8. The van der Waals surface area contributed by atoms with Crippen LogP contribution in [0.4, 0.5) is 11.9 Å². The molecule has 0 saturated carbocycles. The number of fused-ring (bicyclic) bond motifs is 2. The molecule has 6 aromatic rings. The summed E-state index contributed by atoms with van der Waals surface area (Å²) in [6.07, 6.45) is 0.217. The molecule has 6 rings (SSSR count). The number of carbonyl (C=O) groups excluding carboxylic acids is 3. The molecule has 4 heterocycles. The zero-order valence-electron chi connectivity index (χ0n) is 29.3. The van der Waals surface area contributed by atoms with Crippen molar-refractivity contribution in [3.05, 3.63) is 81.9 Å². The number of carbonyl (C=O) groups is 3. The van der Waals surface area contributed by atoms with E-state index in [0.29, 0.717) is 84.5 Å². The summed E-state index contributed by atoms with van der Waals surface area (Å²) in [7, 11) is 0. The van der Waals surface area contributed by atoms with Crippen LogP contribution in [0.1, 0.15) is 86.8 Å². The first kappa shape index (κ1) is 34.8. The van der Waals surface area contributed by atoms with Crippen molar-refractivity contribution in [3.63, 3.8) is 0 Å². The number of benzene rings is 2.